The van der Waals surface area contributed by atoms with E-state index in [0.717, 1.165) is 11.3 Å². The molecular weight excluding hydrogens is 294 g/mol. The van der Waals surface area contributed by atoms with E-state index in [0.29, 0.717) is 16.8 Å². The average Bonchev–Trinajstić information content (AvgIpc) is 2.96. The summed E-state index contributed by atoms with van der Waals surface area (Å²) in [5.74, 6) is 0.724. The van der Waals surface area contributed by atoms with Gasteiger partial charge in [0.2, 0.25) is 0 Å². The first-order chi connectivity index (χ1) is 10.0. The lowest BCUT2D eigenvalue weighted by atomic mass is 10.2. The summed E-state index contributed by atoms with van der Waals surface area (Å²) in [6, 6.07) is 0. The van der Waals surface area contributed by atoms with E-state index in [1.54, 1.807) is 4.57 Å². The van der Waals surface area contributed by atoms with E-state index in [4.69, 9.17) is 17.0 Å². The van der Waals surface area contributed by atoms with Gasteiger partial charge in [-0.3, -0.25) is 4.57 Å². The number of anilines is 1. The van der Waals surface area contributed by atoms with Crippen LogP contribution < -0.4 is 4.90 Å². The molecule has 114 valence electrons. The average molecular weight is 311 g/mol. The minimum atomic E-state index is -0.720. The number of aromatic amines is 1. The van der Waals surface area contributed by atoms with Crippen LogP contribution in [0.5, 0.6) is 0 Å². The fourth-order valence-corrected chi connectivity index (χ4v) is 2.87. The molecule has 0 unspecified atom stereocenters. The minimum absolute atomic E-state index is 0.231. The van der Waals surface area contributed by atoms with Gasteiger partial charge in [-0.05, 0) is 12.2 Å². The number of nitrogens with one attached hydrogen (secondary N) is 1. The van der Waals surface area contributed by atoms with E-state index in [2.05, 4.69) is 15.0 Å². The Kier molecular flexibility index (Phi) is 3.66. The lowest BCUT2D eigenvalue weighted by molar-refractivity contribution is -0.0436. The molecule has 0 aliphatic carbocycles. The third kappa shape index (κ3) is 2.31. The lowest BCUT2D eigenvalue weighted by Gasteiger charge is -2.14. The molecule has 1 saturated heterocycles. The van der Waals surface area contributed by atoms with Crippen LogP contribution in [-0.2, 0) is 4.74 Å². The third-order valence-electron chi connectivity index (χ3n) is 3.58. The zero-order chi connectivity index (χ0) is 15.1. The summed E-state index contributed by atoms with van der Waals surface area (Å²) >= 11 is 5.35. The lowest BCUT2D eigenvalue weighted by Crippen LogP contribution is -2.24. The number of imidazole rings is 1. The molecule has 8 nitrogen and oxygen atoms in total. The summed E-state index contributed by atoms with van der Waals surface area (Å²) in [4.78, 5) is 13.4. The van der Waals surface area contributed by atoms with Gasteiger partial charge in [0.15, 0.2) is 16.2 Å². The highest BCUT2D eigenvalue weighted by atomic mass is 32.1. The smallest absolute Gasteiger partial charge is 0.181 e. The van der Waals surface area contributed by atoms with E-state index >= 15 is 0 Å². The first-order valence-electron chi connectivity index (χ1n) is 6.60. The van der Waals surface area contributed by atoms with Crippen molar-refractivity contribution in [1.29, 1.82) is 0 Å². The van der Waals surface area contributed by atoms with Crippen molar-refractivity contribution >= 4 is 29.2 Å². The Bertz CT molecular complexity index is 712. The number of aliphatic hydroxyl groups excluding tert-OH is 2. The van der Waals surface area contributed by atoms with Gasteiger partial charge in [-0.2, -0.15) is 0 Å². The number of fused-ring (bicyclic) bond motifs is 1. The van der Waals surface area contributed by atoms with Crippen molar-refractivity contribution in [3.63, 3.8) is 0 Å². The second kappa shape index (κ2) is 5.34. The zero-order valence-electron chi connectivity index (χ0n) is 11.7. The Morgan fingerprint density at radius 2 is 2.29 bits per heavy atom. The SMILES string of the molecule is CN(C)c1ncnc2c1[nH]c(=S)n2[C@H]1C[C@@H](O)[C@H](CO)O1. The maximum atomic E-state index is 9.88. The molecule has 1 aliphatic rings. The molecule has 2 aromatic heterocycles. The molecule has 0 aromatic carbocycles. The van der Waals surface area contributed by atoms with Crippen LogP contribution in [0.3, 0.4) is 0 Å². The van der Waals surface area contributed by atoms with Crippen LogP contribution in [0.15, 0.2) is 6.33 Å². The van der Waals surface area contributed by atoms with E-state index in [1.807, 2.05) is 19.0 Å². The minimum Gasteiger partial charge on any atom is -0.394 e. The van der Waals surface area contributed by atoms with Gasteiger partial charge >= 0.3 is 0 Å². The molecule has 3 heterocycles. The third-order valence-corrected chi connectivity index (χ3v) is 3.88. The van der Waals surface area contributed by atoms with Crippen LogP contribution in [-0.4, -0.2) is 62.6 Å². The maximum Gasteiger partial charge on any atom is 0.181 e. The molecule has 0 amide bonds. The Morgan fingerprint density at radius 3 is 2.90 bits per heavy atom. The van der Waals surface area contributed by atoms with E-state index in [1.165, 1.54) is 6.33 Å². The van der Waals surface area contributed by atoms with Gasteiger partial charge in [-0.25, -0.2) is 9.97 Å². The number of hydrogen-bond acceptors (Lipinski definition) is 7. The summed E-state index contributed by atoms with van der Waals surface area (Å²) in [5.41, 5.74) is 1.34. The van der Waals surface area contributed by atoms with Crippen LogP contribution in [0.1, 0.15) is 12.6 Å². The van der Waals surface area contributed by atoms with E-state index < -0.39 is 18.4 Å². The predicted molar refractivity (Wildman–Crippen MR) is 78.7 cm³/mol. The van der Waals surface area contributed by atoms with Crippen LogP contribution in [0.25, 0.3) is 11.2 Å². The van der Waals surface area contributed by atoms with Crippen molar-refractivity contribution in [3.05, 3.63) is 11.1 Å². The van der Waals surface area contributed by atoms with Gasteiger partial charge in [0.25, 0.3) is 0 Å². The second-order valence-corrected chi connectivity index (χ2v) is 5.59. The van der Waals surface area contributed by atoms with Crippen molar-refractivity contribution in [2.75, 3.05) is 25.6 Å². The number of ether oxygens (including phenoxy) is 1. The van der Waals surface area contributed by atoms with Gasteiger partial charge in [0, 0.05) is 20.5 Å². The fourth-order valence-electron chi connectivity index (χ4n) is 2.57. The molecule has 1 fully saturated rings. The maximum absolute atomic E-state index is 9.88. The largest absolute Gasteiger partial charge is 0.394 e. The number of aliphatic hydroxyl groups is 2. The molecule has 3 rings (SSSR count). The topological polar surface area (TPSA) is 99.4 Å². The Labute approximate surface area is 126 Å². The monoisotopic (exact) mass is 311 g/mol. The molecule has 0 radical (unpaired) electrons. The normalized spacial score (nSPS) is 25.6. The molecule has 21 heavy (non-hydrogen) atoms. The highest BCUT2D eigenvalue weighted by Gasteiger charge is 2.35. The zero-order valence-corrected chi connectivity index (χ0v) is 12.5. The first kappa shape index (κ1) is 14.4. The van der Waals surface area contributed by atoms with Crippen molar-refractivity contribution in [1.82, 2.24) is 19.5 Å². The summed E-state index contributed by atoms with van der Waals surface area (Å²) in [6.07, 6.45) is 0.0433. The predicted octanol–water partition coefficient (Wildman–Crippen LogP) is 0.196. The molecular formula is C12H17N5O3S. The number of hydrogen-bond donors (Lipinski definition) is 3. The van der Waals surface area contributed by atoms with Crippen molar-refractivity contribution in [2.45, 2.75) is 24.9 Å². The van der Waals surface area contributed by atoms with E-state index in [-0.39, 0.29) is 6.61 Å². The summed E-state index contributed by atoms with van der Waals surface area (Å²) in [6.45, 7) is -0.231. The van der Waals surface area contributed by atoms with Crippen LogP contribution in [0.4, 0.5) is 5.82 Å². The molecule has 0 bridgehead atoms. The molecule has 3 atom stereocenters. The quantitative estimate of drug-likeness (QED) is 0.696. The van der Waals surface area contributed by atoms with Crippen molar-refractivity contribution in [3.8, 4) is 0 Å². The summed E-state index contributed by atoms with van der Waals surface area (Å²) in [7, 11) is 3.77. The second-order valence-electron chi connectivity index (χ2n) is 5.21. The molecule has 3 N–H and O–H groups in total. The highest BCUT2D eigenvalue weighted by Crippen LogP contribution is 2.32. The first-order valence-corrected chi connectivity index (χ1v) is 7.00. The van der Waals surface area contributed by atoms with Gasteiger partial charge < -0.3 is 24.8 Å². The summed E-state index contributed by atoms with van der Waals surface area (Å²) in [5, 5.41) is 19.1. The molecule has 2 aromatic rings. The van der Waals surface area contributed by atoms with Crippen LogP contribution in [0, 0.1) is 4.77 Å². The molecule has 9 heteroatoms. The molecule has 0 spiro atoms. The standard InChI is InChI=1S/C12H17N5O3S/c1-16(2)10-9-11(14-5-13-10)17(12(21)15-9)8-3-6(19)7(4-18)20-8/h5-8,18-19H,3-4H2,1-2H3,(H,15,21)/t6-,7+,8-/m1/s1. The van der Waals surface area contributed by atoms with Gasteiger partial charge in [0.05, 0.1) is 12.7 Å². The molecule has 1 aliphatic heterocycles. The van der Waals surface area contributed by atoms with Crippen LogP contribution in [0.2, 0.25) is 0 Å². The number of nitrogens with zero attached hydrogens (tertiary/aromatic N) is 4. The highest BCUT2D eigenvalue weighted by molar-refractivity contribution is 7.71. The van der Waals surface area contributed by atoms with Gasteiger partial charge in [-0.1, -0.05) is 0 Å². The number of aromatic nitrogens is 4. The van der Waals surface area contributed by atoms with Crippen LogP contribution >= 0.6 is 12.2 Å². The van der Waals surface area contributed by atoms with Crippen molar-refractivity contribution in [2.24, 2.45) is 0 Å². The number of rotatable bonds is 3. The van der Waals surface area contributed by atoms with E-state index in [9.17, 15) is 10.2 Å². The fraction of sp³-hybridized carbons (Fsp3) is 0.583. The summed E-state index contributed by atoms with van der Waals surface area (Å²) < 4.78 is 7.83. The number of H-pyrrole nitrogens is 1. The van der Waals surface area contributed by atoms with Gasteiger partial charge in [0.1, 0.15) is 24.2 Å². The van der Waals surface area contributed by atoms with Crippen molar-refractivity contribution < 1.29 is 14.9 Å². The Balaban J connectivity index is 2.10. The Hall–Kier alpha value is -1.55. The molecule has 0 saturated carbocycles. The Morgan fingerprint density at radius 1 is 1.52 bits per heavy atom. The van der Waals surface area contributed by atoms with Gasteiger partial charge in [-0.15, -0.1) is 0 Å².